The first-order valence-corrected chi connectivity index (χ1v) is 6.75. The molecule has 2 N–H and O–H groups in total. The maximum atomic E-state index is 5.77. The zero-order valence-electron chi connectivity index (χ0n) is 10.1. The number of nitrogen functional groups attached to an aromatic ring is 1. The van der Waals surface area contributed by atoms with Crippen LogP contribution in [0.2, 0.25) is 0 Å². The molecule has 0 unspecified atom stereocenters. The van der Waals surface area contributed by atoms with Crippen molar-refractivity contribution in [2.24, 2.45) is 0 Å². The van der Waals surface area contributed by atoms with E-state index in [1.807, 2.05) is 0 Å². The van der Waals surface area contributed by atoms with Crippen molar-refractivity contribution in [1.29, 1.82) is 0 Å². The van der Waals surface area contributed by atoms with Crippen LogP contribution in [0.3, 0.4) is 0 Å². The molecule has 1 aromatic heterocycles. The second kappa shape index (κ2) is 5.64. The zero-order valence-corrected chi connectivity index (χ0v) is 11.7. The Labute approximate surface area is 110 Å². The summed E-state index contributed by atoms with van der Waals surface area (Å²) in [7, 11) is 0. The lowest BCUT2D eigenvalue weighted by atomic mass is 10.3. The van der Waals surface area contributed by atoms with Gasteiger partial charge in [-0.05, 0) is 28.9 Å². The second-order valence-corrected chi connectivity index (χ2v) is 5.02. The summed E-state index contributed by atoms with van der Waals surface area (Å²) in [5, 5.41) is 0. The number of hydrogen-bond donors (Lipinski definition) is 1. The van der Waals surface area contributed by atoms with Crippen LogP contribution < -0.4 is 10.6 Å². The van der Waals surface area contributed by atoms with Gasteiger partial charge in [-0.15, -0.1) is 0 Å². The van der Waals surface area contributed by atoms with E-state index in [2.05, 4.69) is 42.6 Å². The van der Waals surface area contributed by atoms with Crippen molar-refractivity contribution in [2.75, 3.05) is 43.4 Å². The first kappa shape index (κ1) is 12.6. The molecule has 2 heterocycles. The number of piperazine rings is 1. The monoisotopic (exact) mass is 299 g/mol. The third kappa shape index (κ3) is 2.87. The van der Waals surface area contributed by atoms with Crippen molar-refractivity contribution < 1.29 is 0 Å². The van der Waals surface area contributed by atoms with Crippen LogP contribution >= 0.6 is 15.9 Å². The van der Waals surface area contributed by atoms with E-state index in [1.165, 1.54) is 19.3 Å². The van der Waals surface area contributed by atoms with Crippen LogP contribution in [0.25, 0.3) is 0 Å². The third-order valence-corrected chi connectivity index (χ3v) is 3.77. The first-order chi connectivity index (χ1) is 8.22. The molecule has 2 rings (SSSR count). The maximum Gasteiger partial charge on any atom is 0.148 e. The molecule has 1 aromatic rings. The van der Waals surface area contributed by atoms with E-state index in [0.717, 1.165) is 36.5 Å². The summed E-state index contributed by atoms with van der Waals surface area (Å²) < 4.78 is 0.809. The summed E-state index contributed by atoms with van der Waals surface area (Å²) >= 11 is 3.46. The molecule has 0 spiro atoms. The van der Waals surface area contributed by atoms with E-state index >= 15 is 0 Å². The van der Waals surface area contributed by atoms with Crippen LogP contribution in [0, 0.1) is 0 Å². The van der Waals surface area contributed by atoms with E-state index < -0.39 is 0 Å². The lowest BCUT2D eigenvalue weighted by Gasteiger charge is -2.35. The molecule has 0 aliphatic carbocycles. The summed E-state index contributed by atoms with van der Waals surface area (Å²) in [5.74, 6) is 1.42. The van der Waals surface area contributed by atoms with Crippen LogP contribution in [0.5, 0.6) is 0 Å². The Morgan fingerprint density at radius 1 is 1.29 bits per heavy atom. The molecule has 0 aromatic carbocycles. The van der Waals surface area contributed by atoms with Gasteiger partial charge in [0.05, 0.1) is 0 Å². The highest BCUT2D eigenvalue weighted by Crippen LogP contribution is 2.27. The van der Waals surface area contributed by atoms with Gasteiger partial charge in [0.25, 0.3) is 0 Å². The van der Waals surface area contributed by atoms with Crippen molar-refractivity contribution in [3.8, 4) is 0 Å². The molecule has 0 radical (unpaired) electrons. The van der Waals surface area contributed by atoms with Crippen molar-refractivity contribution in [2.45, 2.75) is 13.3 Å². The molecule has 0 saturated carbocycles. The fourth-order valence-corrected chi connectivity index (χ4v) is 2.55. The van der Waals surface area contributed by atoms with Gasteiger partial charge >= 0.3 is 0 Å². The largest absolute Gasteiger partial charge is 0.383 e. The molecule has 1 fully saturated rings. The highest BCUT2D eigenvalue weighted by molar-refractivity contribution is 9.10. The van der Waals surface area contributed by atoms with E-state index in [0.29, 0.717) is 5.82 Å². The number of halogens is 1. The van der Waals surface area contributed by atoms with Crippen molar-refractivity contribution >= 4 is 27.6 Å². The van der Waals surface area contributed by atoms with Gasteiger partial charge in [-0.3, -0.25) is 4.90 Å². The molecule has 5 nitrogen and oxygen atoms in total. The molecule has 0 amide bonds. The van der Waals surface area contributed by atoms with Gasteiger partial charge in [0.1, 0.15) is 22.4 Å². The Hall–Kier alpha value is -0.880. The predicted octanol–water partition coefficient (Wildman–Crippen LogP) is 1.35. The van der Waals surface area contributed by atoms with Crippen LogP contribution in [0.15, 0.2) is 10.8 Å². The standard InChI is InChI=1S/C11H18BrN5/c1-2-3-16-4-6-17(7-5-16)11-9(12)10(13)14-8-15-11/h8H,2-7H2,1H3,(H2,13,14,15). The number of rotatable bonds is 3. The SMILES string of the molecule is CCCN1CCN(c2ncnc(N)c2Br)CC1. The van der Waals surface area contributed by atoms with Gasteiger partial charge in [0.2, 0.25) is 0 Å². The molecule has 0 bridgehead atoms. The quantitative estimate of drug-likeness (QED) is 0.913. The van der Waals surface area contributed by atoms with Crippen molar-refractivity contribution in [1.82, 2.24) is 14.9 Å². The van der Waals surface area contributed by atoms with Gasteiger partial charge in [-0.1, -0.05) is 6.92 Å². The number of anilines is 2. The minimum Gasteiger partial charge on any atom is -0.383 e. The summed E-state index contributed by atoms with van der Waals surface area (Å²) in [6, 6.07) is 0. The number of nitrogens with zero attached hydrogens (tertiary/aromatic N) is 4. The number of hydrogen-bond acceptors (Lipinski definition) is 5. The molecule has 0 atom stereocenters. The Bertz CT molecular complexity index is 376. The van der Waals surface area contributed by atoms with Gasteiger partial charge in [0.15, 0.2) is 0 Å². The van der Waals surface area contributed by atoms with E-state index in [4.69, 9.17) is 5.73 Å². The lowest BCUT2D eigenvalue weighted by Crippen LogP contribution is -2.47. The fourth-order valence-electron chi connectivity index (χ4n) is 2.09. The summed E-state index contributed by atoms with van der Waals surface area (Å²) in [4.78, 5) is 13.0. The van der Waals surface area contributed by atoms with Crippen LogP contribution in [-0.4, -0.2) is 47.6 Å². The minimum atomic E-state index is 0.506. The topological polar surface area (TPSA) is 58.3 Å². The van der Waals surface area contributed by atoms with Gasteiger partial charge in [-0.2, -0.15) is 0 Å². The number of nitrogens with two attached hydrogens (primary N) is 1. The highest BCUT2D eigenvalue weighted by atomic mass is 79.9. The minimum absolute atomic E-state index is 0.506. The highest BCUT2D eigenvalue weighted by Gasteiger charge is 2.20. The molecule has 17 heavy (non-hydrogen) atoms. The summed E-state index contributed by atoms with van der Waals surface area (Å²) in [6.07, 6.45) is 2.73. The predicted molar refractivity (Wildman–Crippen MR) is 73.1 cm³/mol. The van der Waals surface area contributed by atoms with Crippen LogP contribution in [0.1, 0.15) is 13.3 Å². The zero-order chi connectivity index (χ0) is 12.3. The Kier molecular flexibility index (Phi) is 4.17. The molecule has 6 heteroatoms. The van der Waals surface area contributed by atoms with Gasteiger partial charge < -0.3 is 10.6 Å². The molecular weight excluding hydrogens is 282 g/mol. The van der Waals surface area contributed by atoms with E-state index in [1.54, 1.807) is 0 Å². The molecule has 1 aliphatic rings. The Morgan fingerprint density at radius 3 is 2.65 bits per heavy atom. The lowest BCUT2D eigenvalue weighted by molar-refractivity contribution is 0.258. The smallest absolute Gasteiger partial charge is 0.148 e. The fraction of sp³-hybridized carbons (Fsp3) is 0.636. The second-order valence-electron chi connectivity index (χ2n) is 4.23. The van der Waals surface area contributed by atoms with Crippen LogP contribution in [-0.2, 0) is 0 Å². The first-order valence-electron chi connectivity index (χ1n) is 5.95. The van der Waals surface area contributed by atoms with E-state index in [-0.39, 0.29) is 0 Å². The molecule has 1 aliphatic heterocycles. The third-order valence-electron chi connectivity index (χ3n) is 3.01. The van der Waals surface area contributed by atoms with Crippen molar-refractivity contribution in [3.63, 3.8) is 0 Å². The Morgan fingerprint density at radius 2 is 2.00 bits per heavy atom. The summed E-state index contributed by atoms with van der Waals surface area (Å²) in [5.41, 5.74) is 5.77. The Balaban J connectivity index is 2.03. The van der Waals surface area contributed by atoms with E-state index in [9.17, 15) is 0 Å². The molecule has 1 saturated heterocycles. The summed E-state index contributed by atoms with van der Waals surface area (Å²) in [6.45, 7) is 7.56. The molecular formula is C11H18BrN5. The average Bonchev–Trinajstić information content (AvgIpc) is 2.34. The van der Waals surface area contributed by atoms with Crippen LogP contribution in [0.4, 0.5) is 11.6 Å². The normalized spacial score (nSPS) is 17.4. The maximum absolute atomic E-state index is 5.77. The number of aromatic nitrogens is 2. The average molecular weight is 300 g/mol. The van der Waals surface area contributed by atoms with Crippen molar-refractivity contribution in [3.05, 3.63) is 10.8 Å². The van der Waals surface area contributed by atoms with Gasteiger partial charge in [-0.25, -0.2) is 9.97 Å². The molecule has 94 valence electrons. The van der Waals surface area contributed by atoms with Gasteiger partial charge in [0, 0.05) is 26.2 Å².